The van der Waals surface area contributed by atoms with Gasteiger partial charge in [-0.05, 0) is 23.8 Å². The number of carbonyl (C=O) groups excluding carboxylic acids is 1. The molecule has 20 heavy (non-hydrogen) atoms. The number of ether oxygens (including phenoxy) is 1. The highest BCUT2D eigenvalue weighted by Gasteiger charge is 2.07. The number of nitrogens with one attached hydrogen (secondary N) is 1. The Kier molecular flexibility index (Phi) is 3.37. The first-order valence-electron chi connectivity index (χ1n) is 6.36. The van der Waals surface area contributed by atoms with E-state index < -0.39 is 6.09 Å². The molecule has 0 aliphatic carbocycles. The maximum Gasteiger partial charge on any atom is 0.412 e. The van der Waals surface area contributed by atoms with Crippen LogP contribution in [-0.4, -0.2) is 10.5 Å². The second-order valence-electron chi connectivity index (χ2n) is 4.41. The number of fused-ring (bicyclic) bond motifs is 1. The molecule has 0 unspecified atom stereocenters. The van der Waals surface area contributed by atoms with Gasteiger partial charge in [0.05, 0.1) is 11.2 Å². The zero-order valence-electron chi connectivity index (χ0n) is 10.8. The summed E-state index contributed by atoms with van der Waals surface area (Å²) >= 11 is 0. The van der Waals surface area contributed by atoms with Crippen LogP contribution in [0, 0.1) is 0 Å². The molecule has 4 nitrogen and oxygen atoms in total. The first-order chi connectivity index (χ1) is 9.83. The van der Waals surface area contributed by atoms with Gasteiger partial charge in [0.25, 0.3) is 0 Å². The summed E-state index contributed by atoms with van der Waals surface area (Å²) in [4.78, 5) is 11.8. The fourth-order valence-corrected chi connectivity index (χ4v) is 2.03. The molecule has 2 heterocycles. The van der Waals surface area contributed by atoms with Crippen LogP contribution in [0.15, 0.2) is 67.0 Å². The van der Waals surface area contributed by atoms with Gasteiger partial charge in [-0.15, -0.1) is 0 Å². The summed E-state index contributed by atoms with van der Waals surface area (Å²) in [6.45, 7) is 0.262. The molecule has 0 saturated carbocycles. The third kappa shape index (κ3) is 2.64. The number of anilines is 1. The topological polar surface area (TPSA) is 42.7 Å². The lowest BCUT2D eigenvalue weighted by Crippen LogP contribution is -2.13. The average Bonchev–Trinajstić information content (AvgIpc) is 2.90. The van der Waals surface area contributed by atoms with E-state index in [0.29, 0.717) is 0 Å². The summed E-state index contributed by atoms with van der Waals surface area (Å²) in [6, 6.07) is 17.2. The zero-order valence-corrected chi connectivity index (χ0v) is 10.8. The van der Waals surface area contributed by atoms with Crippen molar-refractivity contribution in [2.45, 2.75) is 6.61 Å². The molecular weight excluding hydrogens is 252 g/mol. The van der Waals surface area contributed by atoms with Gasteiger partial charge >= 0.3 is 6.09 Å². The Morgan fingerprint density at radius 3 is 2.65 bits per heavy atom. The first kappa shape index (κ1) is 12.3. The summed E-state index contributed by atoms with van der Waals surface area (Å²) in [5, 5.41) is 2.75. The number of hydrogen-bond acceptors (Lipinski definition) is 2. The molecule has 2 aromatic heterocycles. The molecule has 1 amide bonds. The second kappa shape index (κ2) is 5.48. The Morgan fingerprint density at radius 2 is 1.80 bits per heavy atom. The van der Waals surface area contributed by atoms with E-state index in [-0.39, 0.29) is 6.61 Å². The van der Waals surface area contributed by atoms with Gasteiger partial charge in [0, 0.05) is 12.4 Å². The van der Waals surface area contributed by atoms with Crippen LogP contribution in [-0.2, 0) is 11.3 Å². The molecule has 0 aliphatic heterocycles. The third-order valence-electron chi connectivity index (χ3n) is 3.02. The van der Waals surface area contributed by atoms with E-state index in [9.17, 15) is 4.79 Å². The lowest BCUT2D eigenvalue weighted by atomic mass is 10.2. The highest BCUT2D eigenvalue weighted by atomic mass is 16.5. The molecule has 0 aliphatic rings. The molecule has 1 N–H and O–H groups in total. The summed E-state index contributed by atoms with van der Waals surface area (Å²) in [5.74, 6) is 0. The van der Waals surface area contributed by atoms with Gasteiger partial charge in [-0.25, -0.2) is 4.79 Å². The van der Waals surface area contributed by atoms with Crippen molar-refractivity contribution in [3.63, 3.8) is 0 Å². The van der Waals surface area contributed by atoms with E-state index in [2.05, 4.69) is 5.32 Å². The van der Waals surface area contributed by atoms with Crippen molar-refractivity contribution in [2.24, 2.45) is 0 Å². The fraction of sp³-hybridized carbons (Fsp3) is 0.0625. The Balaban J connectivity index is 1.64. The van der Waals surface area contributed by atoms with Crippen molar-refractivity contribution in [1.82, 2.24) is 4.40 Å². The molecule has 3 rings (SSSR count). The van der Waals surface area contributed by atoms with Gasteiger partial charge in [-0.2, -0.15) is 0 Å². The first-order valence-corrected chi connectivity index (χ1v) is 6.36. The SMILES string of the molecule is O=C(Nc1ccn2ccccc12)OCc1ccccc1. The molecule has 0 bridgehead atoms. The van der Waals surface area contributed by atoms with E-state index in [1.165, 1.54) is 0 Å². The molecule has 0 spiro atoms. The predicted octanol–water partition coefficient (Wildman–Crippen LogP) is 3.69. The molecule has 0 atom stereocenters. The number of benzene rings is 1. The minimum absolute atomic E-state index is 0.262. The van der Waals surface area contributed by atoms with E-state index in [0.717, 1.165) is 16.8 Å². The maximum absolute atomic E-state index is 11.8. The van der Waals surface area contributed by atoms with Crippen LogP contribution in [0.1, 0.15) is 5.56 Å². The number of nitrogens with zero attached hydrogens (tertiary/aromatic N) is 1. The third-order valence-corrected chi connectivity index (χ3v) is 3.02. The van der Waals surface area contributed by atoms with Gasteiger partial charge in [0.1, 0.15) is 6.61 Å². The van der Waals surface area contributed by atoms with Crippen LogP contribution < -0.4 is 5.32 Å². The Morgan fingerprint density at radius 1 is 1.00 bits per heavy atom. The molecular formula is C16H14N2O2. The Labute approximate surface area is 116 Å². The number of carbonyl (C=O) groups is 1. The Bertz CT molecular complexity index is 719. The molecule has 4 heteroatoms. The summed E-state index contributed by atoms with van der Waals surface area (Å²) in [5.41, 5.74) is 2.64. The molecule has 1 aromatic carbocycles. The summed E-state index contributed by atoms with van der Waals surface area (Å²) < 4.78 is 7.13. The fourth-order valence-electron chi connectivity index (χ4n) is 2.03. The molecule has 0 saturated heterocycles. The highest BCUT2D eigenvalue weighted by molar-refractivity contribution is 5.90. The summed E-state index contributed by atoms with van der Waals surface area (Å²) in [7, 11) is 0. The number of rotatable bonds is 3. The molecule has 0 radical (unpaired) electrons. The van der Waals surface area contributed by atoms with Crippen LogP contribution in [0.2, 0.25) is 0 Å². The van der Waals surface area contributed by atoms with E-state index in [4.69, 9.17) is 4.74 Å². The lowest BCUT2D eigenvalue weighted by Gasteiger charge is -2.06. The zero-order chi connectivity index (χ0) is 13.8. The van der Waals surface area contributed by atoms with Crippen molar-refractivity contribution in [1.29, 1.82) is 0 Å². The standard InChI is InChI=1S/C16H14N2O2/c19-16(20-12-13-6-2-1-3-7-13)17-14-9-11-18-10-5-4-8-15(14)18/h1-11H,12H2,(H,17,19). The number of amides is 1. The van der Waals surface area contributed by atoms with Crippen molar-refractivity contribution in [2.75, 3.05) is 5.32 Å². The van der Waals surface area contributed by atoms with Crippen molar-refractivity contribution < 1.29 is 9.53 Å². The second-order valence-corrected chi connectivity index (χ2v) is 4.41. The van der Waals surface area contributed by atoms with Crippen LogP contribution in [0.5, 0.6) is 0 Å². The predicted molar refractivity (Wildman–Crippen MR) is 77.6 cm³/mol. The highest BCUT2D eigenvalue weighted by Crippen LogP contribution is 2.18. The molecule has 100 valence electrons. The van der Waals surface area contributed by atoms with Crippen LogP contribution >= 0.6 is 0 Å². The van der Waals surface area contributed by atoms with E-state index >= 15 is 0 Å². The van der Waals surface area contributed by atoms with Gasteiger partial charge < -0.3 is 9.14 Å². The molecule has 0 fully saturated rings. The van der Waals surface area contributed by atoms with Gasteiger partial charge in [-0.3, -0.25) is 5.32 Å². The minimum atomic E-state index is -0.453. The van der Waals surface area contributed by atoms with E-state index in [1.807, 2.05) is 71.4 Å². The lowest BCUT2D eigenvalue weighted by molar-refractivity contribution is 0.155. The monoisotopic (exact) mass is 266 g/mol. The number of pyridine rings is 1. The molecule has 3 aromatic rings. The van der Waals surface area contributed by atoms with Crippen LogP contribution in [0.4, 0.5) is 10.5 Å². The van der Waals surface area contributed by atoms with Gasteiger partial charge in [-0.1, -0.05) is 36.4 Å². The van der Waals surface area contributed by atoms with Crippen LogP contribution in [0.25, 0.3) is 5.52 Å². The minimum Gasteiger partial charge on any atom is -0.444 e. The summed E-state index contributed by atoms with van der Waals surface area (Å²) in [6.07, 6.45) is 3.36. The smallest absolute Gasteiger partial charge is 0.412 e. The normalized spacial score (nSPS) is 10.4. The Hall–Kier alpha value is -2.75. The van der Waals surface area contributed by atoms with Gasteiger partial charge in [0.2, 0.25) is 0 Å². The van der Waals surface area contributed by atoms with Crippen molar-refractivity contribution in [3.8, 4) is 0 Å². The van der Waals surface area contributed by atoms with Crippen molar-refractivity contribution in [3.05, 3.63) is 72.6 Å². The van der Waals surface area contributed by atoms with E-state index in [1.54, 1.807) is 0 Å². The quantitative estimate of drug-likeness (QED) is 0.785. The average molecular weight is 266 g/mol. The van der Waals surface area contributed by atoms with Gasteiger partial charge in [0.15, 0.2) is 0 Å². The maximum atomic E-state index is 11.8. The number of hydrogen-bond donors (Lipinski definition) is 1. The van der Waals surface area contributed by atoms with Crippen molar-refractivity contribution >= 4 is 17.3 Å². The largest absolute Gasteiger partial charge is 0.444 e. The number of aromatic nitrogens is 1. The van der Waals surface area contributed by atoms with Crippen LogP contribution in [0.3, 0.4) is 0 Å².